The third-order valence-electron chi connectivity index (χ3n) is 3.59. The Morgan fingerprint density at radius 3 is 2.95 bits per heavy atom. The minimum atomic E-state index is -0.307. The van der Waals surface area contributed by atoms with E-state index in [1.54, 1.807) is 6.07 Å². The molecule has 20 heavy (non-hydrogen) atoms. The monoisotopic (exact) mass is 278 g/mol. The van der Waals surface area contributed by atoms with Gasteiger partial charge in [-0.2, -0.15) is 0 Å². The molecule has 1 aromatic heterocycles. The molecule has 1 aliphatic heterocycles. The molecule has 0 aromatic carbocycles. The van der Waals surface area contributed by atoms with Gasteiger partial charge in [-0.15, -0.1) is 0 Å². The molecule has 1 aliphatic rings. The summed E-state index contributed by atoms with van der Waals surface area (Å²) in [5, 5.41) is 0. The molecule has 0 bridgehead atoms. The van der Waals surface area contributed by atoms with E-state index in [-0.39, 0.29) is 11.9 Å². The molecule has 1 saturated heterocycles. The first-order valence-corrected chi connectivity index (χ1v) is 6.78. The van der Waals surface area contributed by atoms with Crippen LogP contribution in [0.4, 0.5) is 17.3 Å². The number of nitrogens with zero attached hydrogens (tertiary/aromatic N) is 3. The smallest absolute Gasteiger partial charge is 0.240 e. The molecule has 7 heteroatoms. The third-order valence-corrected chi connectivity index (χ3v) is 3.59. The number of amides is 1. The highest BCUT2D eigenvalue weighted by Gasteiger charge is 2.30. The van der Waals surface area contributed by atoms with Crippen LogP contribution in [0.15, 0.2) is 12.1 Å². The van der Waals surface area contributed by atoms with Gasteiger partial charge in [0.05, 0.1) is 5.69 Å². The molecule has 0 aliphatic carbocycles. The number of carbonyl (C=O) groups is 1. The second kappa shape index (κ2) is 5.96. The van der Waals surface area contributed by atoms with Crippen LogP contribution in [0.25, 0.3) is 0 Å². The number of hydrogen-bond acceptors (Lipinski definition) is 6. The van der Waals surface area contributed by atoms with E-state index in [0.29, 0.717) is 24.6 Å². The molecule has 0 saturated carbocycles. The lowest BCUT2D eigenvalue weighted by Crippen LogP contribution is -2.41. The van der Waals surface area contributed by atoms with Gasteiger partial charge >= 0.3 is 0 Å². The predicted molar refractivity (Wildman–Crippen MR) is 80.5 cm³/mol. The summed E-state index contributed by atoms with van der Waals surface area (Å²) < 4.78 is 0. The lowest BCUT2D eigenvalue weighted by molar-refractivity contribution is -0.119. The third kappa shape index (κ3) is 2.77. The molecule has 0 spiro atoms. The van der Waals surface area contributed by atoms with Crippen molar-refractivity contribution >= 4 is 23.2 Å². The summed E-state index contributed by atoms with van der Waals surface area (Å²) >= 11 is 0. The maximum absolute atomic E-state index is 11.5. The van der Waals surface area contributed by atoms with E-state index in [4.69, 9.17) is 17.2 Å². The van der Waals surface area contributed by atoms with Crippen LogP contribution in [0.2, 0.25) is 0 Å². The maximum atomic E-state index is 11.5. The fourth-order valence-corrected chi connectivity index (χ4v) is 2.55. The number of pyridine rings is 1. The van der Waals surface area contributed by atoms with Crippen LogP contribution in [-0.2, 0) is 4.79 Å². The number of hydrogen-bond donors (Lipinski definition) is 3. The zero-order valence-electron chi connectivity index (χ0n) is 11.7. The van der Waals surface area contributed by atoms with E-state index in [0.717, 1.165) is 25.2 Å². The highest BCUT2D eigenvalue weighted by atomic mass is 16.1. The van der Waals surface area contributed by atoms with Crippen LogP contribution in [0.1, 0.15) is 12.8 Å². The maximum Gasteiger partial charge on any atom is 0.240 e. The first-order valence-electron chi connectivity index (χ1n) is 6.78. The van der Waals surface area contributed by atoms with Gasteiger partial charge in [0.25, 0.3) is 0 Å². The number of likely N-dealkylation sites (N-methyl/N-ethyl adjacent to an activating group) is 1. The van der Waals surface area contributed by atoms with E-state index < -0.39 is 0 Å². The summed E-state index contributed by atoms with van der Waals surface area (Å²) in [6, 6.07) is 3.36. The summed E-state index contributed by atoms with van der Waals surface area (Å²) in [6.45, 7) is 1.97. The summed E-state index contributed by atoms with van der Waals surface area (Å²) in [6.07, 6.45) is 1.71. The summed E-state index contributed by atoms with van der Waals surface area (Å²) in [5.74, 6) is 1.11. The molecular formula is C13H22N6O. The Morgan fingerprint density at radius 2 is 2.30 bits per heavy atom. The quantitative estimate of drug-likeness (QED) is 0.669. The van der Waals surface area contributed by atoms with Gasteiger partial charge in [-0.25, -0.2) is 4.98 Å². The van der Waals surface area contributed by atoms with Gasteiger partial charge in [0.15, 0.2) is 5.82 Å². The second-order valence-corrected chi connectivity index (χ2v) is 5.05. The topological polar surface area (TPSA) is 114 Å². The molecule has 6 N–H and O–H groups in total. The van der Waals surface area contributed by atoms with Crippen LogP contribution in [0, 0.1) is 0 Å². The lowest BCUT2D eigenvalue weighted by atomic mass is 10.2. The molecule has 2 rings (SSSR count). The van der Waals surface area contributed by atoms with Gasteiger partial charge in [-0.05, 0) is 25.0 Å². The normalized spacial score (nSPS) is 18.3. The number of primary amides is 1. The minimum absolute atomic E-state index is 0.279. The average molecular weight is 278 g/mol. The zero-order valence-corrected chi connectivity index (χ0v) is 11.7. The minimum Gasteiger partial charge on any atom is -0.396 e. The van der Waals surface area contributed by atoms with E-state index in [2.05, 4.69) is 4.98 Å². The second-order valence-electron chi connectivity index (χ2n) is 5.05. The first-order chi connectivity index (χ1) is 9.54. The molecule has 1 fully saturated rings. The molecule has 1 amide bonds. The van der Waals surface area contributed by atoms with Crippen molar-refractivity contribution in [2.45, 2.75) is 18.9 Å². The molecule has 1 aromatic rings. The Kier molecular flexibility index (Phi) is 4.29. The molecule has 0 radical (unpaired) electrons. The van der Waals surface area contributed by atoms with Crippen LogP contribution in [0.3, 0.4) is 0 Å². The largest absolute Gasteiger partial charge is 0.396 e. The predicted octanol–water partition coefficient (Wildman–Crippen LogP) is -0.487. The number of anilines is 3. The van der Waals surface area contributed by atoms with Crippen LogP contribution < -0.4 is 27.0 Å². The summed E-state index contributed by atoms with van der Waals surface area (Å²) in [5.41, 5.74) is 17.6. The van der Waals surface area contributed by atoms with Gasteiger partial charge < -0.3 is 27.0 Å². The highest BCUT2D eigenvalue weighted by molar-refractivity contribution is 5.84. The van der Waals surface area contributed by atoms with Crippen molar-refractivity contribution in [1.82, 2.24) is 4.98 Å². The van der Waals surface area contributed by atoms with Gasteiger partial charge in [0.2, 0.25) is 5.91 Å². The zero-order chi connectivity index (χ0) is 14.7. The van der Waals surface area contributed by atoms with E-state index >= 15 is 0 Å². The standard InChI is InChI=1S/C13H22N6O/c1-18(8-6-14)13-9(15)4-5-11(17-13)19-7-2-3-10(19)12(16)20/h4-5,10H,2-3,6-8,14-15H2,1H3,(H2,16,20). The van der Waals surface area contributed by atoms with Crippen molar-refractivity contribution in [3.8, 4) is 0 Å². The fraction of sp³-hybridized carbons (Fsp3) is 0.538. The fourth-order valence-electron chi connectivity index (χ4n) is 2.55. The molecule has 7 nitrogen and oxygen atoms in total. The van der Waals surface area contributed by atoms with Gasteiger partial charge in [0.1, 0.15) is 11.9 Å². The van der Waals surface area contributed by atoms with Crippen LogP contribution in [0.5, 0.6) is 0 Å². The van der Waals surface area contributed by atoms with E-state index in [1.807, 2.05) is 22.9 Å². The summed E-state index contributed by atoms with van der Waals surface area (Å²) in [4.78, 5) is 19.9. The van der Waals surface area contributed by atoms with Crippen LogP contribution >= 0.6 is 0 Å². The van der Waals surface area contributed by atoms with E-state index in [9.17, 15) is 4.79 Å². The molecular weight excluding hydrogens is 256 g/mol. The number of nitrogens with two attached hydrogens (primary N) is 3. The number of carbonyl (C=O) groups excluding carboxylic acids is 1. The molecule has 2 heterocycles. The Labute approximate surface area is 118 Å². The Balaban J connectivity index is 2.29. The van der Waals surface area contributed by atoms with Crippen molar-refractivity contribution < 1.29 is 4.79 Å². The van der Waals surface area contributed by atoms with Crippen molar-refractivity contribution in [2.24, 2.45) is 11.5 Å². The highest BCUT2D eigenvalue weighted by Crippen LogP contribution is 2.28. The molecule has 1 unspecified atom stereocenters. The van der Waals surface area contributed by atoms with Crippen molar-refractivity contribution in [2.75, 3.05) is 42.2 Å². The van der Waals surface area contributed by atoms with Gasteiger partial charge in [0, 0.05) is 26.7 Å². The Morgan fingerprint density at radius 1 is 1.55 bits per heavy atom. The number of aromatic nitrogens is 1. The Bertz CT molecular complexity index is 492. The van der Waals surface area contributed by atoms with Crippen molar-refractivity contribution in [3.63, 3.8) is 0 Å². The van der Waals surface area contributed by atoms with Crippen molar-refractivity contribution in [3.05, 3.63) is 12.1 Å². The van der Waals surface area contributed by atoms with Crippen LogP contribution in [-0.4, -0.2) is 43.6 Å². The average Bonchev–Trinajstić information content (AvgIpc) is 2.89. The van der Waals surface area contributed by atoms with E-state index in [1.165, 1.54) is 0 Å². The SMILES string of the molecule is CN(CCN)c1nc(N2CCCC2C(N)=O)ccc1N. The number of rotatable bonds is 5. The lowest BCUT2D eigenvalue weighted by Gasteiger charge is -2.26. The number of nitrogen functional groups attached to an aromatic ring is 1. The molecule has 1 atom stereocenters. The molecule has 110 valence electrons. The van der Waals surface area contributed by atoms with Gasteiger partial charge in [-0.1, -0.05) is 0 Å². The van der Waals surface area contributed by atoms with Crippen molar-refractivity contribution in [1.29, 1.82) is 0 Å². The van der Waals surface area contributed by atoms with Gasteiger partial charge in [-0.3, -0.25) is 4.79 Å². The summed E-state index contributed by atoms with van der Waals surface area (Å²) in [7, 11) is 1.89. The first kappa shape index (κ1) is 14.4. The Hall–Kier alpha value is -2.02.